The lowest BCUT2D eigenvalue weighted by molar-refractivity contribution is -0.132. The van der Waals surface area contributed by atoms with E-state index in [2.05, 4.69) is 82.8 Å². The summed E-state index contributed by atoms with van der Waals surface area (Å²) in [5.41, 5.74) is 7.16. The van der Waals surface area contributed by atoms with Crippen LogP contribution in [0.3, 0.4) is 0 Å². The summed E-state index contributed by atoms with van der Waals surface area (Å²) in [7, 11) is -2.55. The van der Waals surface area contributed by atoms with Gasteiger partial charge in [-0.1, -0.05) is 72.2 Å². The third kappa shape index (κ3) is 8.97. The molecule has 0 spiro atoms. The van der Waals surface area contributed by atoms with Gasteiger partial charge in [-0.3, -0.25) is 4.79 Å². The molecule has 0 unspecified atom stereocenters. The largest absolute Gasteiger partial charge is 0.361 e. The van der Waals surface area contributed by atoms with Crippen LogP contribution in [0.5, 0.6) is 0 Å². The summed E-state index contributed by atoms with van der Waals surface area (Å²) in [4.78, 5) is 20.1. The van der Waals surface area contributed by atoms with E-state index in [1.165, 1.54) is 0 Å². The highest BCUT2D eigenvalue weighted by Gasteiger charge is 2.32. The van der Waals surface area contributed by atoms with Gasteiger partial charge in [0.15, 0.2) is 5.82 Å². The van der Waals surface area contributed by atoms with E-state index in [9.17, 15) is 9.18 Å². The normalized spacial score (nSPS) is 13.7. The van der Waals surface area contributed by atoms with Crippen LogP contribution in [-0.4, -0.2) is 59.5 Å². The number of rotatable bonds is 15. The highest BCUT2D eigenvalue weighted by molar-refractivity contribution is 6.76. The SMILES string of the molecule is CCc1cc(C)c(F)cc1-c1ccc2c(-c3nc4c(n3COCC[Si](C)(C)C)CN(C(=O)CC(C)C)C4)nn(COCC[Si](C)(C)C)c2c1. The van der Waals surface area contributed by atoms with E-state index >= 15 is 0 Å². The van der Waals surface area contributed by atoms with Crippen LogP contribution in [0.4, 0.5) is 4.39 Å². The van der Waals surface area contributed by atoms with Crippen molar-refractivity contribution in [2.75, 3.05) is 13.2 Å². The molecule has 1 amide bonds. The van der Waals surface area contributed by atoms with Gasteiger partial charge in [0.05, 0.1) is 30.0 Å². The van der Waals surface area contributed by atoms with Crippen LogP contribution < -0.4 is 0 Å². The number of nitrogens with zero attached hydrogens (tertiary/aromatic N) is 5. The summed E-state index contributed by atoms with van der Waals surface area (Å²) >= 11 is 0. The predicted molar refractivity (Wildman–Crippen MR) is 202 cm³/mol. The van der Waals surface area contributed by atoms with E-state index in [-0.39, 0.29) is 11.7 Å². The van der Waals surface area contributed by atoms with Crippen molar-refractivity contribution in [1.82, 2.24) is 24.2 Å². The molecule has 2 aromatic heterocycles. The van der Waals surface area contributed by atoms with Crippen molar-refractivity contribution in [2.24, 2.45) is 5.92 Å². The van der Waals surface area contributed by atoms with E-state index in [0.717, 1.165) is 69.0 Å². The zero-order valence-electron chi connectivity index (χ0n) is 31.4. The third-order valence-electron chi connectivity index (χ3n) is 9.24. The number of amides is 1. The topological polar surface area (TPSA) is 74.4 Å². The first kappa shape index (κ1) is 37.1. The first-order valence-corrected chi connectivity index (χ1v) is 25.3. The monoisotopic (exact) mass is 705 g/mol. The zero-order chi connectivity index (χ0) is 35.7. The lowest BCUT2D eigenvalue weighted by Gasteiger charge is -2.19. The Morgan fingerprint density at radius 3 is 2.27 bits per heavy atom. The summed E-state index contributed by atoms with van der Waals surface area (Å²) in [6, 6.07) is 12.0. The molecule has 0 radical (unpaired) electrons. The number of aryl methyl sites for hydroxylation is 2. The molecular formula is C38H56FN5O3Si2. The van der Waals surface area contributed by atoms with E-state index in [4.69, 9.17) is 19.6 Å². The fourth-order valence-electron chi connectivity index (χ4n) is 6.20. The van der Waals surface area contributed by atoms with Gasteiger partial charge in [-0.2, -0.15) is 5.10 Å². The van der Waals surface area contributed by atoms with Crippen molar-refractivity contribution in [3.8, 4) is 22.6 Å². The first-order chi connectivity index (χ1) is 23.0. The minimum atomic E-state index is -1.28. The molecule has 3 heterocycles. The van der Waals surface area contributed by atoms with Crippen LogP contribution in [0.1, 0.15) is 49.7 Å². The fourth-order valence-corrected chi connectivity index (χ4v) is 7.72. The molecule has 0 bridgehead atoms. The van der Waals surface area contributed by atoms with Gasteiger partial charge in [0.2, 0.25) is 5.91 Å². The molecule has 0 saturated heterocycles. The van der Waals surface area contributed by atoms with Gasteiger partial charge in [-0.05, 0) is 71.8 Å². The summed E-state index contributed by atoms with van der Waals surface area (Å²) in [5.74, 6) is 0.976. The third-order valence-corrected chi connectivity index (χ3v) is 12.6. The predicted octanol–water partition coefficient (Wildman–Crippen LogP) is 9.09. The lowest BCUT2D eigenvalue weighted by Crippen LogP contribution is -2.27. The van der Waals surface area contributed by atoms with Gasteiger partial charge in [0, 0.05) is 41.2 Å². The standard InChI is InChI=1S/C38H56FN5O3Si2/c1-11-28-19-27(4)32(39)21-31(28)29-12-13-30-34(20-29)44(25-47-15-17-49(8,9)10)41-37(30)38-40-33-22-42(36(45)18-26(2)3)23-35(33)43(38)24-46-14-16-48(5,6)7/h12-13,19-21,26H,11,14-18,22-25H2,1-10H3. The summed E-state index contributed by atoms with van der Waals surface area (Å²) in [6.07, 6.45) is 1.32. The Bertz CT molecular complexity index is 1800. The number of benzene rings is 2. The summed E-state index contributed by atoms with van der Waals surface area (Å²) in [5, 5.41) is 6.10. The highest BCUT2D eigenvalue weighted by Crippen LogP contribution is 2.36. The minimum Gasteiger partial charge on any atom is -0.361 e. The Morgan fingerprint density at radius 1 is 0.959 bits per heavy atom. The van der Waals surface area contributed by atoms with Crippen molar-refractivity contribution >= 4 is 33.0 Å². The number of carbonyl (C=O) groups excluding carboxylic acids is 1. The summed E-state index contributed by atoms with van der Waals surface area (Å²) < 4.78 is 31.5. The van der Waals surface area contributed by atoms with Crippen LogP contribution in [0.2, 0.25) is 51.4 Å². The maximum absolute atomic E-state index is 14.9. The van der Waals surface area contributed by atoms with Gasteiger partial charge in [0.1, 0.15) is 25.0 Å². The van der Waals surface area contributed by atoms with E-state index < -0.39 is 16.1 Å². The lowest BCUT2D eigenvalue weighted by atomic mass is 9.95. The van der Waals surface area contributed by atoms with Crippen LogP contribution in [0.25, 0.3) is 33.5 Å². The molecule has 0 fully saturated rings. The van der Waals surface area contributed by atoms with Crippen LogP contribution in [-0.2, 0) is 47.2 Å². The second-order valence-corrected chi connectivity index (χ2v) is 27.7. The maximum Gasteiger partial charge on any atom is 0.223 e. The van der Waals surface area contributed by atoms with Gasteiger partial charge >= 0.3 is 0 Å². The molecule has 266 valence electrons. The van der Waals surface area contributed by atoms with Crippen molar-refractivity contribution in [2.45, 2.75) is 118 Å². The number of hydrogen-bond donors (Lipinski definition) is 0. The van der Waals surface area contributed by atoms with Crippen molar-refractivity contribution in [1.29, 1.82) is 0 Å². The molecule has 5 rings (SSSR count). The second kappa shape index (κ2) is 15.0. The van der Waals surface area contributed by atoms with Crippen LogP contribution in [0.15, 0.2) is 30.3 Å². The Labute approximate surface area is 294 Å². The summed E-state index contributed by atoms with van der Waals surface area (Å²) in [6.45, 7) is 25.1. The van der Waals surface area contributed by atoms with E-state index in [1.807, 2.05) is 22.6 Å². The minimum absolute atomic E-state index is 0.150. The van der Waals surface area contributed by atoms with Crippen LogP contribution in [0, 0.1) is 18.7 Å². The quantitative estimate of drug-likeness (QED) is 0.0912. The van der Waals surface area contributed by atoms with Gasteiger partial charge in [0.25, 0.3) is 0 Å². The molecule has 49 heavy (non-hydrogen) atoms. The molecular weight excluding hydrogens is 650 g/mol. The Morgan fingerprint density at radius 2 is 1.63 bits per heavy atom. The molecule has 0 atom stereocenters. The van der Waals surface area contributed by atoms with Gasteiger partial charge in [-0.15, -0.1) is 0 Å². The van der Waals surface area contributed by atoms with Crippen LogP contribution >= 0.6 is 0 Å². The fraction of sp³-hybridized carbons (Fsp3) is 0.553. The van der Waals surface area contributed by atoms with Crippen molar-refractivity contribution < 1.29 is 18.7 Å². The molecule has 11 heteroatoms. The number of carbonyl (C=O) groups is 1. The Hall–Kier alpha value is -3.13. The maximum atomic E-state index is 14.9. The molecule has 4 aromatic rings. The zero-order valence-corrected chi connectivity index (χ0v) is 33.4. The molecule has 0 N–H and O–H groups in total. The molecule has 0 aliphatic carbocycles. The Balaban J connectivity index is 1.58. The van der Waals surface area contributed by atoms with E-state index in [0.29, 0.717) is 57.7 Å². The highest BCUT2D eigenvalue weighted by atomic mass is 28.3. The Kier molecular flexibility index (Phi) is 11.4. The second-order valence-electron chi connectivity index (χ2n) is 16.5. The smallest absolute Gasteiger partial charge is 0.223 e. The van der Waals surface area contributed by atoms with Gasteiger partial charge in [-0.25, -0.2) is 14.1 Å². The van der Waals surface area contributed by atoms with Crippen molar-refractivity contribution in [3.63, 3.8) is 0 Å². The van der Waals surface area contributed by atoms with Crippen molar-refractivity contribution in [3.05, 3.63) is 58.7 Å². The molecule has 2 aromatic carbocycles. The molecule has 8 nitrogen and oxygen atoms in total. The number of hydrogen-bond acceptors (Lipinski definition) is 5. The molecule has 0 saturated carbocycles. The number of halogens is 1. The molecule has 1 aliphatic heterocycles. The average Bonchev–Trinajstić information content (AvgIpc) is 3.68. The number of imidazole rings is 1. The average molecular weight is 706 g/mol. The number of fused-ring (bicyclic) bond motifs is 2. The number of ether oxygens (including phenoxy) is 2. The van der Waals surface area contributed by atoms with Gasteiger partial charge < -0.3 is 18.9 Å². The first-order valence-electron chi connectivity index (χ1n) is 17.9. The molecule has 1 aliphatic rings. The number of aromatic nitrogens is 4. The van der Waals surface area contributed by atoms with E-state index in [1.54, 1.807) is 6.07 Å².